The summed E-state index contributed by atoms with van der Waals surface area (Å²) >= 11 is 0. The van der Waals surface area contributed by atoms with Crippen LogP contribution in [0.4, 0.5) is 0 Å². The molecule has 0 aromatic rings. The summed E-state index contributed by atoms with van der Waals surface area (Å²) in [6.07, 6.45) is 1.53. The lowest BCUT2D eigenvalue weighted by molar-refractivity contribution is -0.138. The Hall–Kier alpha value is -1.69. The minimum Gasteiger partial charge on any atom is -0.480 e. The van der Waals surface area contributed by atoms with E-state index >= 15 is 0 Å². The van der Waals surface area contributed by atoms with Gasteiger partial charge in [0, 0.05) is 6.54 Å². The summed E-state index contributed by atoms with van der Waals surface area (Å²) in [5.41, 5.74) is 0. The van der Waals surface area contributed by atoms with Crippen molar-refractivity contribution in [3.63, 3.8) is 0 Å². The van der Waals surface area contributed by atoms with Gasteiger partial charge in [0.05, 0.1) is 19.1 Å². The monoisotopic (exact) mass is 270 g/mol. The summed E-state index contributed by atoms with van der Waals surface area (Å²) in [6.45, 7) is 8.59. The van der Waals surface area contributed by atoms with E-state index in [0.717, 1.165) is 0 Å². The molecule has 0 spiro atoms. The van der Waals surface area contributed by atoms with E-state index in [2.05, 4.69) is 11.9 Å². The Morgan fingerprint density at radius 1 is 1.32 bits per heavy atom. The molecule has 0 radical (unpaired) electrons. The van der Waals surface area contributed by atoms with Gasteiger partial charge in [-0.25, -0.2) is 0 Å². The molecule has 0 aliphatic rings. The highest BCUT2D eigenvalue weighted by atomic mass is 16.4. The van der Waals surface area contributed by atoms with Gasteiger partial charge in [0.2, 0.25) is 5.91 Å². The fraction of sp³-hybridized carbons (Fsp3) is 0.615. The zero-order valence-electron chi connectivity index (χ0n) is 11.7. The number of carbonyl (C=O) groups excluding carboxylic acids is 2. The predicted octanol–water partition coefficient (Wildman–Crippen LogP) is 0.289. The van der Waals surface area contributed by atoms with Crippen LogP contribution in [0.1, 0.15) is 20.8 Å². The third-order valence-electron chi connectivity index (χ3n) is 2.53. The third kappa shape index (κ3) is 7.35. The average molecular weight is 270 g/mol. The zero-order valence-corrected chi connectivity index (χ0v) is 11.7. The molecule has 0 rings (SSSR count). The number of hydrogen-bond donors (Lipinski definition) is 2. The number of amides is 1. The number of nitrogens with zero attached hydrogens (tertiary/aromatic N) is 1. The number of rotatable bonds is 9. The minimum atomic E-state index is -1.01. The first-order valence-electron chi connectivity index (χ1n) is 6.12. The van der Waals surface area contributed by atoms with E-state index < -0.39 is 12.0 Å². The molecule has 2 N–H and O–H groups in total. The molecule has 6 heteroatoms. The summed E-state index contributed by atoms with van der Waals surface area (Å²) in [7, 11) is 0. The molecule has 6 nitrogen and oxygen atoms in total. The number of carboxylic acids is 1. The Bertz CT molecular complexity index is 353. The van der Waals surface area contributed by atoms with Gasteiger partial charge < -0.3 is 10.4 Å². The van der Waals surface area contributed by atoms with Crippen LogP contribution in [0.3, 0.4) is 0 Å². The number of nitrogens with one attached hydrogen (secondary N) is 1. The van der Waals surface area contributed by atoms with E-state index in [-0.39, 0.29) is 30.7 Å². The predicted molar refractivity (Wildman–Crippen MR) is 71.7 cm³/mol. The Kier molecular flexibility index (Phi) is 7.67. The number of carbonyl (C=O) groups is 3. The van der Waals surface area contributed by atoms with Crippen molar-refractivity contribution in [2.45, 2.75) is 26.8 Å². The molecule has 0 aromatic carbocycles. The van der Waals surface area contributed by atoms with Crippen molar-refractivity contribution in [1.29, 1.82) is 0 Å². The van der Waals surface area contributed by atoms with Crippen molar-refractivity contribution in [2.24, 2.45) is 5.92 Å². The minimum absolute atomic E-state index is 0.00576. The van der Waals surface area contributed by atoms with E-state index in [1.807, 2.05) is 13.8 Å². The number of aliphatic carboxylic acids is 1. The molecule has 0 aliphatic heterocycles. The summed E-state index contributed by atoms with van der Waals surface area (Å²) in [6, 6.07) is -0.539. The molecule has 0 bridgehead atoms. The molecule has 0 heterocycles. The lowest BCUT2D eigenvalue weighted by Gasteiger charge is -2.22. The Labute approximate surface area is 113 Å². The first kappa shape index (κ1) is 17.3. The van der Waals surface area contributed by atoms with Gasteiger partial charge in [0.15, 0.2) is 5.78 Å². The number of hydrogen-bond acceptors (Lipinski definition) is 4. The van der Waals surface area contributed by atoms with Crippen LogP contribution in [-0.4, -0.2) is 53.3 Å². The van der Waals surface area contributed by atoms with Crippen LogP contribution in [0.5, 0.6) is 0 Å². The highest BCUT2D eigenvalue weighted by Crippen LogP contribution is 2.02. The summed E-state index contributed by atoms with van der Waals surface area (Å²) in [5.74, 6) is -1.50. The highest BCUT2D eigenvalue weighted by molar-refractivity contribution is 5.88. The Morgan fingerprint density at radius 2 is 1.89 bits per heavy atom. The molecular formula is C13H22N2O4. The van der Waals surface area contributed by atoms with Gasteiger partial charge in [0.25, 0.3) is 0 Å². The summed E-state index contributed by atoms with van der Waals surface area (Å²) in [4.78, 5) is 35.2. The van der Waals surface area contributed by atoms with Crippen molar-refractivity contribution < 1.29 is 19.5 Å². The zero-order chi connectivity index (χ0) is 15.0. The van der Waals surface area contributed by atoms with Crippen LogP contribution >= 0.6 is 0 Å². The van der Waals surface area contributed by atoms with Gasteiger partial charge in [-0.1, -0.05) is 19.9 Å². The standard InChI is InChI=1S/C13H22N2O4/c1-5-6-15(8-12(18)19)7-11(17)14-13(9(2)3)10(4)16/h5,9,13H,1,6-8H2,2-4H3,(H,14,17)(H,18,19). The first-order chi connectivity index (χ1) is 8.77. The Balaban J connectivity index is 4.50. The third-order valence-corrected chi connectivity index (χ3v) is 2.53. The second-order valence-corrected chi connectivity index (χ2v) is 4.75. The second-order valence-electron chi connectivity index (χ2n) is 4.75. The van der Waals surface area contributed by atoms with Crippen molar-refractivity contribution in [3.05, 3.63) is 12.7 Å². The molecule has 0 aromatic heterocycles. The van der Waals surface area contributed by atoms with Gasteiger partial charge in [0.1, 0.15) is 0 Å². The topological polar surface area (TPSA) is 86.7 Å². The largest absolute Gasteiger partial charge is 0.480 e. The highest BCUT2D eigenvalue weighted by Gasteiger charge is 2.21. The fourth-order valence-electron chi connectivity index (χ4n) is 1.72. The maximum atomic E-state index is 11.8. The van der Waals surface area contributed by atoms with Gasteiger partial charge in [-0.2, -0.15) is 0 Å². The molecule has 1 amide bonds. The summed E-state index contributed by atoms with van der Waals surface area (Å²) in [5, 5.41) is 11.3. The van der Waals surface area contributed by atoms with Gasteiger partial charge in [-0.15, -0.1) is 6.58 Å². The van der Waals surface area contributed by atoms with E-state index in [1.165, 1.54) is 17.9 Å². The quantitative estimate of drug-likeness (QED) is 0.588. The van der Waals surface area contributed by atoms with E-state index in [9.17, 15) is 14.4 Å². The van der Waals surface area contributed by atoms with Crippen molar-refractivity contribution in [1.82, 2.24) is 10.2 Å². The second kappa shape index (κ2) is 8.42. The number of ketones is 1. The molecule has 1 unspecified atom stereocenters. The van der Waals surface area contributed by atoms with Crippen LogP contribution in [0, 0.1) is 5.92 Å². The lowest BCUT2D eigenvalue weighted by atomic mass is 10.0. The van der Waals surface area contributed by atoms with Crippen LogP contribution in [0.2, 0.25) is 0 Å². The van der Waals surface area contributed by atoms with E-state index in [0.29, 0.717) is 6.54 Å². The molecule has 1 atom stereocenters. The molecule has 108 valence electrons. The lowest BCUT2D eigenvalue weighted by Crippen LogP contribution is -2.48. The first-order valence-corrected chi connectivity index (χ1v) is 6.12. The van der Waals surface area contributed by atoms with Crippen LogP contribution in [-0.2, 0) is 14.4 Å². The molecule has 0 fully saturated rings. The maximum Gasteiger partial charge on any atom is 0.317 e. The van der Waals surface area contributed by atoms with Gasteiger partial charge >= 0.3 is 5.97 Å². The SMILES string of the molecule is C=CCN(CC(=O)O)CC(=O)NC(C(C)=O)C(C)C. The van der Waals surface area contributed by atoms with E-state index in [1.54, 1.807) is 0 Å². The number of carboxylic acid groups (broad SMARTS) is 1. The number of Topliss-reactive ketones (excluding diaryl/α,β-unsaturated/α-hetero) is 1. The van der Waals surface area contributed by atoms with Crippen LogP contribution < -0.4 is 5.32 Å². The molecular weight excluding hydrogens is 248 g/mol. The van der Waals surface area contributed by atoms with Crippen molar-refractivity contribution in [2.75, 3.05) is 19.6 Å². The molecule has 0 saturated heterocycles. The van der Waals surface area contributed by atoms with Crippen molar-refractivity contribution in [3.8, 4) is 0 Å². The Morgan fingerprint density at radius 3 is 2.26 bits per heavy atom. The smallest absolute Gasteiger partial charge is 0.317 e. The average Bonchev–Trinajstić information content (AvgIpc) is 2.24. The van der Waals surface area contributed by atoms with Crippen LogP contribution in [0.25, 0.3) is 0 Å². The molecule has 19 heavy (non-hydrogen) atoms. The maximum absolute atomic E-state index is 11.8. The normalized spacial score (nSPS) is 12.3. The molecule has 0 saturated carbocycles. The van der Waals surface area contributed by atoms with E-state index in [4.69, 9.17) is 5.11 Å². The fourth-order valence-corrected chi connectivity index (χ4v) is 1.72. The van der Waals surface area contributed by atoms with Gasteiger partial charge in [-0.05, 0) is 12.8 Å². The summed E-state index contributed by atoms with van der Waals surface area (Å²) < 4.78 is 0. The van der Waals surface area contributed by atoms with Crippen molar-refractivity contribution >= 4 is 17.7 Å². The van der Waals surface area contributed by atoms with Gasteiger partial charge in [-0.3, -0.25) is 19.3 Å². The molecule has 0 aliphatic carbocycles. The van der Waals surface area contributed by atoms with Crippen LogP contribution in [0.15, 0.2) is 12.7 Å².